The molecule has 1 aromatic heterocycles. The van der Waals surface area contributed by atoms with Crippen LogP contribution < -0.4 is 0 Å². The van der Waals surface area contributed by atoms with Crippen LogP contribution in [-0.2, 0) is 0 Å². The summed E-state index contributed by atoms with van der Waals surface area (Å²) < 4.78 is 1.07. The molecule has 1 saturated heterocycles. The van der Waals surface area contributed by atoms with Crippen LogP contribution in [0.2, 0.25) is 0 Å². The van der Waals surface area contributed by atoms with Gasteiger partial charge < -0.3 is 4.90 Å². The molecule has 2 nitrogen and oxygen atoms in total. The van der Waals surface area contributed by atoms with Crippen LogP contribution >= 0.6 is 27.3 Å². The molecule has 0 atom stereocenters. The van der Waals surface area contributed by atoms with Gasteiger partial charge in [0.2, 0.25) is 0 Å². The average Bonchev–Trinajstić information content (AvgIpc) is 2.98. The lowest BCUT2D eigenvalue weighted by Crippen LogP contribution is -2.35. The zero-order chi connectivity index (χ0) is 13.9. The third-order valence-corrected chi connectivity index (χ3v) is 5.24. The van der Waals surface area contributed by atoms with E-state index in [2.05, 4.69) is 28.1 Å². The Labute approximate surface area is 131 Å². The van der Waals surface area contributed by atoms with Crippen LogP contribution in [0.1, 0.15) is 28.9 Å². The second-order valence-electron chi connectivity index (χ2n) is 5.02. The van der Waals surface area contributed by atoms with E-state index in [1.807, 2.05) is 29.2 Å². The summed E-state index contributed by atoms with van der Waals surface area (Å²) in [5.74, 6) is 0.193. The van der Waals surface area contributed by atoms with Gasteiger partial charge in [0.25, 0.3) is 5.91 Å². The van der Waals surface area contributed by atoms with E-state index >= 15 is 0 Å². The van der Waals surface area contributed by atoms with Crippen molar-refractivity contribution in [3.05, 3.63) is 45.7 Å². The van der Waals surface area contributed by atoms with Crippen molar-refractivity contribution in [2.24, 2.45) is 0 Å². The second-order valence-corrected chi connectivity index (χ2v) is 7.02. The van der Waals surface area contributed by atoms with Gasteiger partial charge in [-0.15, -0.1) is 11.3 Å². The number of carbonyl (C=O) groups is 1. The number of thiophene rings is 1. The molecule has 1 amide bonds. The van der Waals surface area contributed by atoms with Gasteiger partial charge in [0.05, 0.1) is 4.88 Å². The van der Waals surface area contributed by atoms with E-state index in [1.165, 1.54) is 6.42 Å². The highest BCUT2D eigenvalue weighted by atomic mass is 79.9. The number of hydrogen-bond acceptors (Lipinski definition) is 2. The first-order valence-corrected chi connectivity index (χ1v) is 8.50. The molecule has 1 aliphatic heterocycles. The largest absolute Gasteiger partial charge is 0.338 e. The van der Waals surface area contributed by atoms with Gasteiger partial charge in [-0.2, -0.15) is 0 Å². The minimum absolute atomic E-state index is 0.193. The van der Waals surface area contributed by atoms with Gasteiger partial charge in [0, 0.05) is 22.4 Å². The summed E-state index contributed by atoms with van der Waals surface area (Å²) in [6.07, 6.45) is 3.52. The lowest BCUT2D eigenvalue weighted by atomic mass is 10.1. The van der Waals surface area contributed by atoms with Crippen LogP contribution in [0.5, 0.6) is 0 Å². The highest BCUT2D eigenvalue weighted by Gasteiger charge is 2.19. The number of halogens is 1. The fourth-order valence-corrected chi connectivity index (χ4v) is 3.72. The van der Waals surface area contributed by atoms with Crippen LogP contribution in [0.25, 0.3) is 10.4 Å². The van der Waals surface area contributed by atoms with E-state index in [4.69, 9.17) is 0 Å². The number of nitrogens with zero attached hydrogens (tertiary/aromatic N) is 1. The molecule has 0 spiro atoms. The van der Waals surface area contributed by atoms with Gasteiger partial charge in [-0.3, -0.25) is 4.79 Å². The van der Waals surface area contributed by atoms with Gasteiger partial charge in [-0.1, -0.05) is 28.1 Å². The normalized spacial score (nSPS) is 15.3. The standard InChI is InChI=1S/C16H16BrNOS/c17-13-6-4-12(5-7-13)14-8-9-15(20-14)16(19)18-10-2-1-3-11-18/h4-9H,1-3,10-11H2. The zero-order valence-corrected chi connectivity index (χ0v) is 13.5. The Kier molecular flexibility index (Phi) is 4.22. The molecule has 2 heterocycles. The number of likely N-dealkylation sites (tertiary alicyclic amines) is 1. The molecule has 0 aliphatic carbocycles. The smallest absolute Gasteiger partial charge is 0.263 e. The summed E-state index contributed by atoms with van der Waals surface area (Å²) in [7, 11) is 0. The summed E-state index contributed by atoms with van der Waals surface area (Å²) in [4.78, 5) is 16.4. The van der Waals surface area contributed by atoms with Gasteiger partial charge >= 0.3 is 0 Å². The molecular weight excluding hydrogens is 334 g/mol. The van der Waals surface area contributed by atoms with Crippen molar-refractivity contribution in [3.63, 3.8) is 0 Å². The Morgan fingerprint density at radius 1 is 1.00 bits per heavy atom. The Morgan fingerprint density at radius 2 is 1.70 bits per heavy atom. The van der Waals surface area contributed by atoms with Gasteiger partial charge in [0.15, 0.2) is 0 Å². The quantitative estimate of drug-likeness (QED) is 0.762. The number of rotatable bonds is 2. The molecule has 104 valence electrons. The molecule has 20 heavy (non-hydrogen) atoms. The molecule has 0 bridgehead atoms. The van der Waals surface area contributed by atoms with Crippen LogP contribution in [0.15, 0.2) is 40.9 Å². The predicted molar refractivity (Wildman–Crippen MR) is 87.2 cm³/mol. The minimum atomic E-state index is 0.193. The molecule has 1 aromatic carbocycles. The van der Waals surface area contributed by atoms with E-state index in [1.54, 1.807) is 11.3 Å². The number of amides is 1. The fraction of sp³-hybridized carbons (Fsp3) is 0.312. The molecule has 0 radical (unpaired) electrons. The topological polar surface area (TPSA) is 20.3 Å². The van der Waals surface area contributed by atoms with Crippen molar-refractivity contribution < 1.29 is 4.79 Å². The Hall–Kier alpha value is -1.13. The van der Waals surface area contributed by atoms with Crippen LogP contribution in [0.4, 0.5) is 0 Å². The molecule has 3 rings (SSSR count). The monoisotopic (exact) mass is 349 g/mol. The summed E-state index contributed by atoms with van der Waals surface area (Å²) in [5, 5.41) is 0. The molecule has 2 aromatic rings. The maximum Gasteiger partial charge on any atom is 0.263 e. The van der Waals surface area contributed by atoms with E-state index in [9.17, 15) is 4.79 Å². The van der Waals surface area contributed by atoms with Crippen LogP contribution in [-0.4, -0.2) is 23.9 Å². The van der Waals surface area contributed by atoms with Gasteiger partial charge in [-0.05, 0) is 49.1 Å². The lowest BCUT2D eigenvalue weighted by Gasteiger charge is -2.26. The summed E-state index contributed by atoms with van der Waals surface area (Å²) in [6, 6.07) is 12.2. The number of hydrogen-bond donors (Lipinski definition) is 0. The summed E-state index contributed by atoms with van der Waals surface area (Å²) in [5.41, 5.74) is 1.16. The van der Waals surface area contributed by atoms with Crippen molar-refractivity contribution in [3.8, 4) is 10.4 Å². The maximum atomic E-state index is 12.4. The van der Waals surface area contributed by atoms with E-state index in [0.717, 1.165) is 45.7 Å². The Balaban J connectivity index is 1.79. The van der Waals surface area contributed by atoms with Crippen molar-refractivity contribution >= 4 is 33.2 Å². The molecule has 0 saturated carbocycles. The van der Waals surface area contributed by atoms with E-state index in [0.29, 0.717) is 0 Å². The Morgan fingerprint density at radius 3 is 2.40 bits per heavy atom. The van der Waals surface area contributed by atoms with E-state index in [-0.39, 0.29) is 5.91 Å². The highest BCUT2D eigenvalue weighted by Crippen LogP contribution is 2.30. The van der Waals surface area contributed by atoms with Gasteiger partial charge in [0.1, 0.15) is 0 Å². The van der Waals surface area contributed by atoms with Crippen LogP contribution in [0, 0.1) is 0 Å². The molecule has 0 N–H and O–H groups in total. The number of benzene rings is 1. The Bertz CT molecular complexity index is 599. The number of carbonyl (C=O) groups excluding carboxylic acids is 1. The van der Waals surface area contributed by atoms with Crippen LogP contribution in [0.3, 0.4) is 0 Å². The fourth-order valence-electron chi connectivity index (χ4n) is 2.47. The number of piperidine rings is 1. The molecular formula is C16H16BrNOS. The molecule has 1 fully saturated rings. The highest BCUT2D eigenvalue weighted by molar-refractivity contribution is 9.10. The van der Waals surface area contributed by atoms with Crippen molar-refractivity contribution in [1.82, 2.24) is 4.90 Å². The maximum absolute atomic E-state index is 12.4. The molecule has 4 heteroatoms. The van der Waals surface area contributed by atoms with Gasteiger partial charge in [-0.25, -0.2) is 0 Å². The SMILES string of the molecule is O=C(c1ccc(-c2ccc(Br)cc2)s1)N1CCCCC1. The first-order valence-electron chi connectivity index (χ1n) is 6.89. The summed E-state index contributed by atoms with van der Waals surface area (Å²) in [6.45, 7) is 1.81. The lowest BCUT2D eigenvalue weighted by molar-refractivity contribution is 0.0729. The van der Waals surface area contributed by atoms with E-state index < -0.39 is 0 Å². The minimum Gasteiger partial charge on any atom is -0.338 e. The third kappa shape index (κ3) is 2.96. The van der Waals surface area contributed by atoms with Crippen molar-refractivity contribution in [2.45, 2.75) is 19.3 Å². The predicted octanol–water partition coefficient (Wildman–Crippen LogP) is 4.80. The molecule has 1 aliphatic rings. The molecule has 0 unspecified atom stereocenters. The van der Waals surface area contributed by atoms with Crippen molar-refractivity contribution in [2.75, 3.05) is 13.1 Å². The zero-order valence-electron chi connectivity index (χ0n) is 11.1. The first kappa shape index (κ1) is 13.8. The van der Waals surface area contributed by atoms with Crippen molar-refractivity contribution in [1.29, 1.82) is 0 Å². The average molecular weight is 350 g/mol. The first-order chi connectivity index (χ1) is 9.74. The summed E-state index contributed by atoms with van der Waals surface area (Å²) >= 11 is 5.03. The second kappa shape index (κ2) is 6.10. The third-order valence-electron chi connectivity index (χ3n) is 3.59.